The standard InChI is InChI=1S/C21H17N5O7S/c1-2-12-3-5-13(6-4-12)22-19(28)20-24-23-17(34-20)11-32-18(27)10-25-15-8-7-14(26(30)31)9-16(15)33-21(25)29/h3-9H,2,10-11H2,1H3,(H,22,28). The van der Waals surface area contributed by atoms with E-state index in [0.717, 1.165) is 34.0 Å². The fourth-order valence-corrected chi connectivity index (χ4v) is 3.70. The van der Waals surface area contributed by atoms with Crippen LogP contribution in [0.3, 0.4) is 0 Å². The number of nitro benzene ring substituents is 1. The van der Waals surface area contributed by atoms with Gasteiger partial charge in [-0.15, -0.1) is 10.2 Å². The average Bonchev–Trinajstić information content (AvgIpc) is 3.42. The molecule has 4 rings (SSSR count). The Labute approximate surface area is 194 Å². The monoisotopic (exact) mass is 483 g/mol. The lowest BCUT2D eigenvalue weighted by molar-refractivity contribution is -0.384. The normalized spacial score (nSPS) is 10.9. The van der Waals surface area contributed by atoms with E-state index in [-0.39, 0.29) is 28.4 Å². The second-order valence-electron chi connectivity index (χ2n) is 7.03. The summed E-state index contributed by atoms with van der Waals surface area (Å²) in [6, 6.07) is 11.0. The predicted octanol–water partition coefficient (Wildman–Crippen LogP) is 2.91. The Kier molecular flexibility index (Phi) is 6.45. The highest BCUT2D eigenvalue weighted by atomic mass is 32.1. The van der Waals surface area contributed by atoms with Crippen LogP contribution in [0.4, 0.5) is 11.4 Å². The van der Waals surface area contributed by atoms with E-state index >= 15 is 0 Å². The van der Waals surface area contributed by atoms with Gasteiger partial charge in [-0.1, -0.05) is 30.4 Å². The van der Waals surface area contributed by atoms with Gasteiger partial charge < -0.3 is 14.5 Å². The van der Waals surface area contributed by atoms with Crippen LogP contribution in [0.2, 0.25) is 0 Å². The molecule has 0 fully saturated rings. The first-order valence-corrected chi connectivity index (χ1v) is 10.8. The Morgan fingerprint density at radius 3 is 2.68 bits per heavy atom. The maximum absolute atomic E-state index is 12.4. The number of anilines is 1. The fourth-order valence-electron chi connectivity index (χ4n) is 3.05. The molecular formula is C21H17N5O7S. The zero-order valence-electron chi connectivity index (χ0n) is 17.7. The Morgan fingerprint density at radius 2 is 1.97 bits per heavy atom. The molecule has 1 amide bonds. The molecule has 0 saturated carbocycles. The first-order chi connectivity index (χ1) is 16.3. The second kappa shape index (κ2) is 9.62. The number of carbonyl (C=O) groups excluding carboxylic acids is 2. The van der Waals surface area contributed by atoms with Crippen LogP contribution in [-0.2, 0) is 29.1 Å². The fraction of sp³-hybridized carbons (Fsp3) is 0.190. The molecule has 12 nitrogen and oxygen atoms in total. The van der Waals surface area contributed by atoms with Crippen LogP contribution < -0.4 is 11.1 Å². The van der Waals surface area contributed by atoms with Gasteiger partial charge in [-0.3, -0.25) is 24.3 Å². The number of nitrogens with one attached hydrogen (secondary N) is 1. The first kappa shape index (κ1) is 22.8. The molecule has 1 N–H and O–H groups in total. The van der Waals surface area contributed by atoms with Crippen molar-refractivity contribution in [2.24, 2.45) is 0 Å². The number of aromatic nitrogens is 3. The molecule has 4 aromatic rings. The van der Waals surface area contributed by atoms with Gasteiger partial charge in [-0.25, -0.2) is 4.79 Å². The molecule has 0 saturated heterocycles. The van der Waals surface area contributed by atoms with Crippen LogP contribution in [-0.4, -0.2) is 31.6 Å². The van der Waals surface area contributed by atoms with Crippen molar-refractivity contribution in [2.45, 2.75) is 26.5 Å². The van der Waals surface area contributed by atoms with E-state index in [0.29, 0.717) is 10.7 Å². The van der Waals surface area contributed by atoms with Crippen molar-refractivity contribution in [2.75, 3.05) is 5.32 Å². The number of nitrogens with zero attached hydrogens (tertiary/aromatic N) is 4. The lowest BCUT2D eigenvalue weighted by Crippen LogP contribution is -2.21. The van der Waals surface area contributed by atoms with Crippen LogP contribution in [0.25, 0.3) is 11.1 Å². The highest BCUT2D eigenvalue weighted by molar-refractivity contribution is 7.13. The van der Waals surface area contributed by atoms with Crippen molar-refractivity contribution in [3.05, 3.63) is 78.7 Å². The third-order valence-corrected chi connectivity index (χ3v) is 5.68. The van der Waals surface area contributed by atoms with E-state index in [1.54, 1.807) is 12.1 Å². The minimum absolute atomic E-state index is 0.0175. The number of nitro groups is 1. The third kappa shape index (κ3) is 4.99. The molecule has 0 aliphatic carbocycles. The van der Waals surface area contributed by atoms with Gasteiger partial charge in [0, 0.05) is 11.8 Å². The summed E-state index contributed by atoms with van der Waals surface area (Å²) in [4.78, 5) is 46.9. The average molecular weight is 483 g/mol. The van der Waals surface area contributed by atoms with Gasteiger partial charge in [0.2, 0.25) is 5.01 Å². The van der Waals surface area contributed by atoms with E-state index < -0.39 is 29.1 Å². The number of rotatable bonds is 8. The molecule has 0 radical (unpaired) electrons. The molecule has 0 spiro atoms. The van der Waals surface area contributed by atoms with Gasteiger partial charge in [0.1, 0.15) is 13.2 Å². The molecule has 0 atom stereocenters. The minimum atomic E-state index is -0.853. The Hall–Kier alpha value is -4.39. The second-order valence-corrected chi connectivity index (χ2v) is 8.09. The van der Waals surface area contributed by atoms with Crippen molar-refractivity contribution in [1.29, 1.82) is 0 Å². The van der Waals surface area contributed by atoms with Crippen molar-refractivity contribution < 1.29 is 23.7 Å². The van der Waals surface area contributed by atoms with E-state index in [2.05, 4.69) is 15.5 Å². The number of aryl methyl sites for hydroxylation is 1. The van der Waals surface area contributed by atoms with Gasteiger partial charge in [-0.2, -0.15) is 0 Å². The molecule has 13 heteroatoms. The molecule has 0 bridgehead atoms. The number of carbonyl (C=O) groups is 2. The molecule has 2 heterocycles. The predicted molar refractivity (Wildman–Crippen MR) is 121 cm³/mol. The highest BCUT2D eigenvalue weighted by Crippen LogP contribution is 2.20. The van der Waals surface area contributed by atoms with Gasteiger partial charge in [0.15, 0.2) is 10.6 Å². The molecule has 2 aromatic heterocycles. The quantitative estimate of drug-likeness (QED) is 0.226. The maximum Gasteiger partial charge on any atom is 0.420 e. The number of hydrogen-bond acceptors (Lipinski definition) is 10. The van der Waals surface area contributed by atoms with Gasteiger partial charge in [0.05, 0.1) is 16.5 Å². The highest BCUT2D eigenvalue weighted by Gasteiger charge is 2.18. The lowest BCUT2D eigenvalue weighted by atomic mass is 10.1. The zero-order valence-corrected chi connectivity index (χ0v) is 18.5. The summed E-state index contributed by atoms with van der Waals surface area (Å²) in [5.41, 5.74) is 1.72. The molecule has 2 aromatic carbocycles. The Bertz CT molecular complexity index is 1440. The topological polar surface area (TPSA) is 159 Å². The number of non-ortho nitro benzene ring substituents is 1. The largest absolute Gasteiger partial charge is 0.457 e. The van der Waals surface area contributed by atoms with Crippen molar-refractivity contribution in [3.8, 4) is 0 Å². The van der Waals surface area contributed by atoms with Gasteiger partial charge in [-0.05, 0) is 30.2 Å². The van der Waals surface area contributed by atoms with E-state index in [9.17, 15) is 24.5 Å². The molecule has 0 unspecified atom stereocenters. The first-order valence-electron chi connectivity index (χ1n) is 10.00. The molecular weight excluding hydrogens is 466 g/mol. The van der Waals surface area contributed by atoms with Gasteiger partial charge >= 0.3 is 11.7 Å². The lowest BCUT2D eigenvalue weighted by Gasteiger charge is -2.04. The summed E-state index contributed by atoms with van der Waals surface area (Å²) < 4.78 is 11.1. The number of oxazole rings is 1. The van der Waals surface area contributed by atoms with Crippen LogP contribution >= 0.6 is 11.3 Å². The Balaban J connectivity index is 1.36. The van der Waals surface area contributed by atoms with Crippen molar-refractivity contribution >= 4 is 45.7 Å². The SMILES string of the molecule is CCc1ccc(NC(=O)c2nnc(COC(=O)Cn3c(=O)oc4cc([N+](=O)[O-])ccc43)s2)cc1. The number of ether oxygens (including phenoxy) is 1. The number of fused-ring (bicyclic) bond motifs is 1. The smallest absolute Gasteiger partial charge is 0.420 e. The molecule has 0 aliphatic heterocycles. The van der Waals surface area contributed by atoms with Gasteiger partial charge in [0.25, 0.3) is 11.6 Å². The third-order valence-electron chi connectivity index (χ3n) is 4.79. The summed E-state index contributed by atoms with van der Waals surface area (Å²) in [6.07, 6.45) is 0.890. The van der Waals surface area contributed by atoms with E-state index in [1.165, 1.54) is 12.1 Å². The number of hydrogen-bond donors (Lipinski definition) is 1. The van der Waals surface area contributed by atoms with Crippen LogP contribution in [0, 0.1) is 10.1 Å². The number of benzene rings is 2. The van der Waals surface area contributed by atoms with Crippen LogP contribution in [0.5, 0.6) is 0 Å². The van der Waals surface area contributed by atoms with E-state index in [4.69, 9.17) is 9.15 Å². The summed E-state index contributed by atoms with van der Waals surface area (Å²) >= 11 is 0.965. The van der Waals surface area contributed by atoms with Crippen LogP contribution in [0.1, 0.15) is 27.3 Å². The number of amides is 1. The maximum atomic E-state index is 12.4. The Morgan fingerprint density at radius 1 is 1.21 bits per heavy atom. The summed E-state index contributed by atoms with van der Waals surface area (Å²) in [5.74, 6) is -2.06. The molecule has 34 heavy (non-hydrogen) atoms. The molecule has 0 aliphatic rings. The van der Waals surface area contributed by atoms with E-state index in [1.807, 2.05) is 19.1 Å². The minimum Gasteiger partial charge on any atom is -0.457 e. The summed E-state index contributed by atoms with van der Waals surface area (Å²) in [7, 11) is 0. The number of esters is 1. The zero-order chi connectivity index (χ0) is 24.2. The molecule has 174 valence electrons. The summed E-state index contributed by atoms with van der Waals surface area (Å²) in [5, 5.41) is 21.6. The summed E-state index contributed by atoms with van der Waals surface area (Å²) in [6.45, 7) is 1.32. The van der Waals surface area contributed by atoms with Crippen molar-refractivity contribution in [1.82, 2.24) is 14.8 Å². The van der Waals surface area contributed by atoms with Crippen LogP contribution in [0.15, 0.2) is 51.7 Å². The van der Waals surface area contributed by atoms with Crippen molar-refractivity contribution in [3.63, 3.8) is 0 Å².